The molecule has 2 aromatic heterocycles. The molecular formula is C40H24N2O. The van der Waals surface area contributed by atoms with Crippen LogP contribution in [0.1, 0.15) is 0 Å². The topological polar surface area (TPSA) is 38.9 Å². The lowest BCUT2D eigenvalue weighted by molar-refractivity contribution is 0.669. The van der Waals surface area contributed by atoms with Gasteiger partial charge in [-0.3, -0.25) is 0 Å². The third-order valence-corrected chi connectivity index (χ3v) is 8.46. The summed E-state index contributed by atoms with van der Waals surface area (Å²) in [5, 5.41) is 8.13. The van der Waals surface area contributed by atoms with E-state index in [0.29, 0.717) is 5.82 Å². The normalized spacial score (nSPS) is 11.7. The molecule has 0 fully saturated rings. The number of fused-ring (bicyclic) bond motifs is 7. The van der Waals surface area contributed by atoms with Crippen LogP contribution >= 0.6 is 0 Å². The minimum absolute atomic E-state index is 0.715. The van der Waals surface area contributed by atoms with E-state index in [1.54, 1.807) is 0 Å². The molecule has 3 nitrogen and oxygen atoms in total. The van der Waals surface area contributed by atoms with E-state index in [9.17, 15) is 0 Å². The fourth-order valence-corrected chi connectivity index (χ4v) is 6.42. The fraction of sp³-hybridized carbons (Fsp3) is 0. The zero-order chi connectivity index (χ0) is 28.3. The molecule has 0 amide bonds. The molecule has 0 saturated carbocycles. The van der Waals surface area contributed by atoms with Gasteiger partial charge in [-0.15, -0.1) is 0 Å². The largest absolute Gasteiger partial charge is 0.456 e. The Morgan fingerprint density at radius 1 is 0.419 bits per heavy atom. The lowest BCUT2D eigenvalue weighted by atomic mass is 9.94. The SMILES string of the molecule is c1cc(-c2nc(-c3ccc4ccccc4c3)c3ccccc3n2)cc(-c2cccc3c2ccc2oc4ccccc4c23)c1. The molecule has 0 unspecified atom stereocenters. The predicted molar refractivity (Wildman–Crippen MR) is 178 cm³/mol. The fourth-order valence-electron chi connectivity index (χ4n) is 6.42. The second-order valence-electron chi connectivity index (χ2n) is 11.0. The van der Waals surface area contributed by atoms with E-state index in [1.807, 2.05) is 18.2 Å². The van der Waals surface area contributed by atoms with Crippen LogP contribution in [0.25, 0.3) is 88.2 Å². The van der Waals surface area contributed by atoms with Crippen LogP contribution in [0.2, 0.25) is 0 Å². The number of aromatic nitrogens is 2. The summed E-state index contributed by atoms with van der Waals surface area (Å²) in [5.41, 5.74) is 8.05. The summed E-state index contributed by atoms with van der Waals surface area (Å²) in [6.45, 7) is 0. The van der Waals surface area contributed by atoms with Gasteiger partial charge in [0, 0.05) is 27.3 Å². The van der Waals surface area contributed by atoms with Crippen LogP contribution < -0.4 is 0 Å². The van der Waals surface area contributed by atoms with Gasteiger partial charge in [-0.2, -0.15) is 0 Å². The van der Waals surface area contributed by atoms with Gasteiger partial charge in [0.1, 0.15) is 11.2 Å². The van der Waals surface area contributed by atoms with Crippen molar-refractivity contribution in [3.05, 3.63) is 146 Å². The van der Waals surface area contributed by atoms with Gasteiger partial charge in [0.25, 0.3) is 0 Å². The minimum Gasteiger partial charge on any atom is -0.456 e. The smallest absolute Gasteiger partial charge is 0.160 e. The van der Waals surface area contributed by atoms with Gasteiger partial charge in [0.05, 0.1) is 11.2 Å². The molecule has 9 aromatic rings. The summed E-state index contributed by atoms with van der Waals surface area (Å²) in [6, 6.07) is 50.9. The number of rotatable bonds is 3. The maximum Gasteiger partial charge on any atom is 0.160 e. The highest BCUT2D eigenvalue weighted by molar-refractivity contribution is 6.21. The first-order chi connectivity index (χ1) is 21.3. The van der Waals surface area contributed by atoms with Crippen molar-refractivity contribution in [2.24, 2.45) is 0 Å². The van der Waals surface area contributed by atoms with Gasteiger partial charge in [-0.25, -0.2) is 9.97 Å². The van der Waals surface area contributed by atoms with Gasteiger partial charge < -0.3 is 4.42 Å². The van der Waals surface area contributed by atoms with Gasteiger partial charge >= 0.3 is 0 Å². The molecule has 200 valence electrons. The van der Waals surface area contributed by atoms with Crippen molar-refractivity contribution in [3.8, 4) is 33.8 Å². The maximum absolute atomic E-state index is 6.17. The van der Waals surface area contributed by atoms with Gasteiger partial charge in [-0.1, -0.05) is 115 Å². The Hall–Kier alpha value is -5.80. The molecule has 0 atom stereocenters. The van der Waals surface area contributed by atoms with Crippen molar-refractivity contribution < 1.29 is 4.42 Å². The van der Waals surface area contributed by atoms with Gasteiger partial charge in [-0.05, 0) is 63.0 Å². The highest BCUT2D eigenvalue weighted by Crippen LogP contribution is 2.39. The molecule has 0 aliphatic heterocycles. The van der Waals surface area contributed by atoms with E-state index in [0.717, 1.165) is 55.2 Å². The van der Waals surface area contributed by atoms with Crippen molar-refractivity contribution in [2.45, 2.75) is 0 Å². The predicted octanol–water partition coefficient (Wildman–Crippen LogP) is 10.8. The van der Waals surface area contributed by atoms with Crippen molar-refractivity contribution >= 4 is 54.4 Å². The van der Waals surface area contributed by atoms with Crippen molar-refractivity contribution in [3.63, 3.8) is 0 Å². The Balaban J connectivity index is 1.22. The number of furan rings is 1. The Labute approximate surface area is 247 Å². The Morgan fingerprint density at radius 2 is 1.19 bits per heavy atom. The van der Waals surface area contributed by atoms with Crippen LogP contribution in [-0.2, 0) is 0 Å². The van der Waals surface area contributed by atoms with E-state index in [-0.39, 0.29) is 0 Å². The molecule has 0 bridgehead atoms. The standard InChI is InChI=1S/C40H24N2O/c1-2-10-26-23-28(20-19-25(26)9-1)39-33-13-3-5-17-35(33)41-40(42-39)29-12-7-11-27(24-29)30-15-8-16-32-31(30)21-22-37-38(32)34-14-4-6-18-36(34)43-37/h1-24H. The van der Waals surface area contributed by atoms with Crippen LogP contribution in [-0.4, -0.2) is 9.97 Å². The van der Waals surface area contributed by atoms with Crippen molar-refractivity contribution in [1.29, 1.82) is 0 Å². The van der Waals surface area contributed by atoms with Gasteiger partial charge in [0.15, 0.2) is 5.82 Å². The molecule has 9 rings (SSSR count). The summed E-state index contributed by atoms with van der Waals surface area (Å²) in [7, 11) is 0. The first-order valence-corrected chi connectivity index (χ1v) is 14.5. The molecule has 0 N–H and O–H groups in total. The van der Waals surface area contributed by atoms with E-state index in [4.69, 9.17) is 14.4 Å². The van der Waals surface area contributed by atoms with E-state index in [1.165, 1.54) is 27.1 Å². The molecule has 0 spiro atoms. The Morgan fingerprint density at radius 3 is 2.14 bits per heavy atom. The number of para-hydroxylation sites is 2. The zero-order valence-corrected chi connectivity index (χ0v) is 23.2. The number of nitrogens with zero attached hydrogens (tertiary/aromatic N) is 2. The molecule has 2 heterocycles. The third-order valence-electron chi connectivity index (χ3n) is 8.46. The second kappa shape index (κ2) is 9.37. The van der Waals surface area contributed by atoms with Crippen LogP contribution in [0.5, 0.6) is 0 Å². The van der Waals surface area contributed by atoms with Crippen LogP contribution in [0.3, 0.4) is 0 Å². The number of benzene rings is 7. The number of hydrogen-bond acceptors (Lipinski definition) is 3. The van der Waals surface area contributed by atoms with Crippen LogP contribution in [0, 0.1) is 0 Å². The maximum atomic E-state index is 6.17. The van der Waals surface area contributed by atoms with Gasteiger partial charge in [0.2, 0.25) is 0 Å². The lowest BCUT2D eigenvalue weighted by Gasteiger charge is -2.12. The molecule has 3 heteroatoms. The average molecular weight is 549 g/mol. The van der Waals surface area contributed by atoms with Crippen LogP contribution in [0.4, 0.5) is 0 Å². The Kier molecular flexibility index (Phi) is 5.20. The molecule has 0 saturated heterocycles. The molecule has 7 aromatic carbocycles. The highest BCUT2D eigenvalue weighted by atomic mass is 16.3. The Bertz CT molecular complexity index is 2520. The van der Waals surface area contributed by atoms with E-state index < -0.39 is 0 Å². The molecule has 0 radical (unpaired) electrons. The third kappa shape index (κ3) is 3.83. The highest BCUT2D eigenvalue weighted by Gasteiger charge is 2.15. The zero-order valence-electron chi connectivity index (χ0n) is 23.2. The molecule has 43 heavy (non-hydrogen) atoms. The molecule has 0 aliphatic carbocycles. The first kappa shape index (κ1) is 23.9. The monoisotopic (exact) mass is 548 g/mol. The number of hydrogen-bond donors (Lipinski definition) is 0. The summed E-state index contributed by atoms with van der Waals surface area (Å²) in [5.74, 6) is 0.715. The van der Waals surface area contributed by atoms with Crippen molar-refractivity contribution in [1.82, 2.24) is 9.97 Å². The second-order valence-corrected chi connectivity index (χ2v) is 11.0. The summed E-state index contributed by atoms with van der Waals surface area (Å²) < 4.78 is 6.17. The van der Waals surface area contributed by atoms with Crippen molar-refractivity contribution in [2.75, 3.05) is 0 Å². The lowest BCUT2D eigenvalue weighted by Crippen LogP contribution is -1.95. The molecular weight excluding hydrogens is 524 g/mol. The van der Waals surface area contributed by atoms with E-state index >= 15 is 0 Å². The summed E-state index contributed by atoms with van der Waals surface area (Å²) in [6.07, 6.45) is 0. The summed E-state index contributed by atoms with van der Waals surface area (Å²) in [4.78, 5) is 10.2. The molecule has 0 aliphatic rings. The first-order valence-electron chi connectivity index (χ1n) is 14.5. The van der Waals surface area contributed by atoms with Crippen LogP contribution in [0.15, 0.2) is 150 Å². The minimum atomic E-state index is 0.715. The van der Waals surface area contributed by atoms with E-state index in [2.05, 4.69) is 127 Å². The summed E-state index contributed by atoms with van der Waals surface area (Å²) >= 11 is 0. The average Bonchev–Trinajstić information content (AvgIpc) is 3.47. The quantitative estimate of drug-likeness (QED) is 0.220.